The molecule has 1 saturated heterocycles. The van der Waals surface area contributed by atoms with Gasteiger partial charge in [-0.2, -0.15) is 0 Å². The van der Waals surface area contributed by atoms with Crippen LogP contribution in [0.25, 0.3) is 0 Å². The van der Waals surface area contributed by atoms with Gasteiger partial charge in [0.2, 0.25) is 0 Å². The molecule has 1 aliphatic heterocycles. The van der Waals surface area contributed by atoms with E-state index in [0.29, 0.717) is 12.4 Å². The molecule has 6 heteroatoms. The van der Waals surface area contributed by atoms with Crippen molar-refractivity contribution < 1.29 is 18.7 Å². The van der Waals surface area contributed by atoms with Crippen LogP contribution in [-0.4, -0.2) is 23.5 Å². The standard InChI is InChI=1S/C19H24N2O4/c1-13(2)18-16(21-12-24-18)11-23-14-6-8-15(9-7-14)25-17-5-3-4-10-20-19(17)22/h6-9,12-13,17H,3-5,10-11H2,1-2H3,(H,20,22). The molecule has 2 heterocycles. The Kier molecular flexibility index (Phi) is 5.58. The zero-order valence-electron chi connectivity index (χ0n) is 14.7. The Morgan fingerprint density at radius 3 is 2.76 bits per heavy atom. The molecular weight excluding hydrogens is 320 g/mol. The molecule has 6 nitrogen and oxygen atoms in total. The van der Waals surface area contributed by atoms with Gasteiger partial charge in [-0.15, -0.1) is 0 Å². The van der Waals surface area contributed by atoms with E-state index in [1.54, 1.807) is 0 Å². The third-order valence-electron chi connectivity index (χ3n) is 4.16. The summed E-state index contributed by atoms with van der Waals surface area (Å²) in [6.07, 6.45) is 3.76. The Bertz CT molecular complexity index is 694. The molecule has 0 aliphatic carbocycles. The number of carbonyl (C=O) groups is 1. The minimum Gasteiger partial charge on any atom is -0.487 e. The lowest BCUT2D eigenvalue weighted by atomic mass is 10.1. The average molecular weight is 344 g/mol. The average Bonchev–Trinajstić information content (AvgIpc) is 2.99. The van der Waals surface area contributed by atoms with E-state index in [-0.39, 0.29) is 11.8 Å². The lowest BCUT2D eigenvalue weighted by molar-refractivity contribution is -0.127. The fourth-order valence-corrected chi connectivity index (χ4v) is 2.81. The molecule has 3 rings (SSSR count). The van der Waals surface area contributed by atoms with Crippen LogP contribution < -0.4 is 14.8 Å². The number of hydrogen-bond acceptors (Lipinski definition) is 5. The third kappa shape index (κ3) is 4.53. The van der Waals surface area contributed by atoms with Crippen molar-refractivity contribution >= 4 is 5.91 Å². The normalized spacial score (nSPS) is 17.9. The van der Waals surface area contributed by atoms with Crippen LogP contribution in [0.15, 0.2) is 35.1 Å². The summed E-state index contributed by atoms with van der Waals surface area (Å²) in [5.41, 5.74) is 0.811. The van der Waals surface area contributed by atoms with Crippen molar-refractivity contribution in [1.82, 2.24) is 10.3 Å². The SMILES string of the molecule is CC(C)c1ocnc1COc1ccc(OC2CCCCNC2=O)cc1. The second-order valence-corrected chi connectivity index (χ2v) is 6.47. The minimum atomic E-state index is -0.419. The number of benzene rings is 1. The summed E-state index contributed by atoms with van der Waals surface area (Å²) in [6, 6.07) is 7.30. The van der Waals surface area contributed by atoms with Crippen LogP contribution in [0.2, 0.25) is 0 Å². The first-order valence-corrected chi connectivity index (χ1v) is 8.73. The van der Waals surface area contributed by atoms with Gasteiger partial charge in [-0.05, 0) is 43.5 Å². The second-order valence-electron chi connectivity index (χ2n) is 6.47. The van der Waals surface area contributed by atoms with Crippen molar-refractivity contribution in [3.05, 3.63) is 42.1 Å². The maximum Gasteiger partial charge on any atom is 0.261 e. The second kappa shape index (κ2) is 8.05. The number of nitrogens with zero attached hydrogens (tertiary/aromatic N) is 1. The first-order valence-electron chi connectivity index (χ1n) is 8.73. The highest BCUT2D eigenvalue weighted by Crippen LogP contribution is 2.23. The van der Waals surface area contributed by atoms with Gasteiger partial charge >= 0.3 is 0 Å². The molecule has 0 saturated carbocycles. The van der Waals surface area contributed by atoms with Crippen molar-refractivity contribution in [2.75, 3.05) is 6.54 Å². The van der Waals surface area contributed by atoms with E-state index in [4.69, 9.17) is 13.9 Å². The first kappa shape index (κ1) is 17.3. The maximum atomic E-state index is 11.9. The van der Waals surface area contributed by atoms with Crippen molar-refractivity contribution in [2.45, 2.75) is 51.7 Å². The molecular formula is C19H24N2O4. The van der Waals surface area contributed by atoms with E-state index in [1.807, 2.05) is 24.3 Å². The highest BCUT2D eigenvalue weighted by molar-refractivity contribution is 5.81. The summed E-state index contributed by atoms with van der Waals surface area (Å²) in [4.78, 5) is 16.1. The van der Waals surface area contributed by atoms with Gasteiger partial charge < -0.3 is 19.2 Å². The van der Waals surface area contributed by atoms with Crippen molar-refractivity contribution in [2.24, 2.45) is 0 Å². The van der Waals surface area contributed by atoms with Gasteiger partial charge in [0.05, 0.1) is 0 Å². The Hall–Kier alpha value is -2.50. The van der Waals surface area contributed by atoms with E-state index in [0.717, 1.165) is 43.0 Å². The molecule has 1 atom stereocenters. The van der Waals surface area contributed by atoms with Crippen LogP contribution in [0.4, 0.5) is 0 Å². The molecule has 1 fully saturated rings. The van der Waals surface area contributed by atoms with E-state index in [2.05, 4.69) is 24.1 Å². The lowest BCUT2D eigenvalue weighted by Gasteiger charge is -2.16. The zero-order valence-corrected chi connectivity index (χ0v) is 14.7. The minimum absolute atomic E-state index is 0.0370. The summed E-state index contributed by atoms with van der Waals surface area (Å²) in [5.74, 6) is 2.46. The summed E-state index contributed by atoms with van der Waals surface area (Å²) < 4.78 is 17.0. The van der Waals surface area contributed by atoms with Gasteiger partial charge in [-0.25, -0.2) is 4.98 Å². The zero-order chi connectivity index (χ0) is 17.6. The summed E-state index contributed by atoms with van der Waals surface area (Å²) in [6.45, 7) is 5.20. The molecule has 0 spiro atoms. The molecule has 1 amide bonds. The van der Waals surface area contributed by atoms with E-state index in [1.165, 1.54) is 6.39 Å². The van der Waals surface area contributed by atoms with Gasteiger partial charge in [0.15, 0.2) is 12.5 Å². The quantitative estimate of drug-likeness (QED) is 0.869. The molecule has 1 aromatic heterocycles. The van der Waals surface area contributed by atoms with Gasteiger partial charge in [0.1, 0.15) is 29.6 Å². The van der Waals surface area contributed by atoms with Gasteiger partial charge in [0, 0.05) is 12.5 Å². The van der Waals surface area contributed by atoms with Crippen LogP contribution in [0.5, 0.6) is 11.5 Å². The first-order chi connectivity index (χ1) is 12.1. The Labute approximate surface area is 147 Å². The van der Waals surface area contributed by atoms with E-state index < -0.39 is 6.10 Å². The Morgan fingerprint density at radius 2 is 2.00 bits per heavy atom. The van der Waals surface area contributed by atoms with Crippen LogP contribution in [-0.2, 0) is 11.4 Å². The number of hydrogen-bond donors (Lipinski definition) is 1. The number of ether oxygens (including phenoxy) is 2. The molecule has 0 bridgehead atoms. The van der Waals surface area contributed by atoms with E-state index >= 15 is 0 Å². The lowest BCUT2D eigenvalue weighted by Crippen LogP contribution is -2.36. The number of amides is 1. The van der Waals surface area contributed by atoms with Crippen molar-refractivity contribution in [3.63, 3.8) is 0 Å². The molecule has 25 heavy (non-hydrogen) atoms. The molecule has 0 radical (unpaired) electrons. The number of aromatic nitrogens is 1. The molecule has 1 aliphatic rings. The summed E-state index contributed by atoms with van der Waals surface area (Å²) >= 11 is 0. The summed E-state index contributed by atoms with van der Waals surface area (Å²) in [7, 11) is 0. The van der Waals surface area contributed by atoms with Crippen LogP contribution >= 0.6 is 0 Å². The van der Waals surface area contributed by atoms with E-state index in [9.17, 15) is 4.79 Å². The van der Waals surface area contributed by atoms with Crippen LogP contribution in [0.3, 0.4) is 0 Å². The molecule has 1 aromatic carbocycles. The Balaban J connectivity index is 1.56. The summed E-state index contributed by atoms with van der Waals surface area (Å²) in [5, 5.41) is 2.87. The highest BCUT2D eigenvalue weighted by Gasteiger charge is 2.22. The molecule has 2 aromatic rings. The van der Waals surface area contributed by atoms with Gasteiger partial charge in [0.25, 0.3) is 5.91 Å². The monoisotopic (exact) mass is 344 g/mol. The van der Waals surface area contributed by atoms with Crippen LogP contribution in [0, 0.1) is 0 Å². The number of nitrogens with one attached hydrogen (secondary N) is 1. The fourth-order valence-electron chi connectivity index (χ4n) is 2.81. The fraction of sp³-hybridized carbons (Fsp3) is 0.474. The number of rotatable bonds is 6. The van der Waals surface area contributed by atoms with Crippen molar-refractivity contribution in [3.8, 4) is 11.5 Å². The number of oxazole rings is 1. The molecule has 1 N–H and O–H groups in total. The molecule has 1 unspecified atom stereocenters. The maximum absolute atomic E-state index is 11.9. The molecule has 134 valence electrons. The predicted octanol–water partition coefficient (Wildman–Crippen LogP) is 3.42. The Morgan fingerprint density at radius 1 is 1.24 bits per heavy atom. The van der Waals surface area contributed by atoms with Crippen molar-refractivity contribution in [1.29, 1.82) is 0 Å². The van der Waals surface area contributed by atoms with Crippen LogP contribution in [0.1, 0.15) is 50.5 Å². The topological polar surface area (TPSA) is 73.6 Å². The number of carbonyl (C=O) groups excluding carboxylic acids is 1. The highest BCUT2D eigenvalue weighted by atomic mass is 16.5. The third-order valence-corrected chi connectivity index (χ3v) is 4.16. The largest absolute Gasteiger partial charge is 0.487 e. The van der Waals surface area contributed by atoms with Gasteiger partial charge in [-0.3, -0.25) is 4.79 Å². The smallest absolute Gasteiger partial charge is 0.261 e. The predicted molar refractivity (Wildman–Crippen MR) is 92.6 cm³/mol. The van der Waals surface area contributed by atoms with Gasteiger partial charge in [-0.1, -0.05) is 13.8 Å².